The van der Waals surface area contributed by atoms with Crippen LogP contribution in [-0.4, -0.2) is 0 Å². The predicted molar refractivity (Wildman–Crippen MR) is 92.2 cm³/mol. The zero-order chi connectivity index (χ0) is 14.8. The molecule has 0 heterocycles. The molecule has 2 heteroatoms. The standard InChI is InChI=1S/C19H18ClN/c1-13-7-5-12-18(20)19(13)21-14(2)16-11-6-9-15-8-3-4-10-17(15)16/h3-12,14,21H,1-2H3. The molecule has 0 aliphatic heterocycles. The van der Waals surface area contributed by atoms with Crippen LogP contribution in [0.2, 0.25) is 5.02 Å². The Balaban J connectivity index is 2.00. The minimum absolute atomic E-state index is 0.190. The molecule has 0 aliphatic carbocycles. The molecule has 1 N–H and O–H groups in total. The molecule has 0 spiro atoms. The van der Waals surface area contributed by atoms with E-state index in [1.165, 1.54) is 16.3 Å². The number of hydrogen-bond donors (Lipinski definition) is 1. The average Bonchev–Trinajstić information content (AvgIpc) is 2.50. The highest BCUT2D eigenvalue weighted by molar-refractivity contribution is 6.33. The topological polar surface area (TPSA) is 12.0 Å². The van der Waals surface area contributed by atoms with Crippen LogP contribution in [0, 0.1) is 6.92 Å². The summed E-state index contributed by atoms with van der Waals surface area (Å²) in [4.78, 5) is 0. The summed E-state index contributed by atoms with van der Waals surface area (Å²) in [7, 11) is 0. The molecule has 0 aromatic heterocycles. The Labute approximate surface area is 130 Å². The molecule has 0 aliphatic rings. The highest BCUT2D eigenvalue weighted by Crippen LogP contribution is 2.31. The van der Waals surface area contributed by atoms with E-state index < -0.39 is 0 Å². The molecule has 0 amide bonds. The van der Waals surface area contributed by atoms with Gasteiger partial charge in [-0.2, -0.15) is 0 Å². The van der Waals surface area contributed by atoms with Crippen molar-refractivity contribution in [3.05, 3.63) is 76.8 Å². The first kappa shape index (κ1) is 14.0. The molecule has 3 rings (SSSR count). The minimum Gasteiger partial charge on any atom is -0.377 e. The van der Waals surface area contributed by atoms with E-state index in [-0.39, 0.29) is 6.04 Å². The van der Waals surface area contributed by atoms with Gasteiger partial charge in [0.1, 0.15) is 0 Å². The zero-order valence-electron chi connectivity index (χ0n) is 12.2. The predicted octanol–water partition coefficient (Wildman–Crippen LogP) is 5.97. The zero-order valence-corrected chi connectivity index (χ0v) is 13.0. The smallest absolute Gasteiger partial charge is 0.0640 e. The van der Waals surface area contributed by atoms with Crippen LogP contribution < -0.4 is 5.32 Å². The van der Waals surface area contributed by atoms with Crippen molar-refractivity contribution >= 4 is 28.1 Å². The Morgan fingerprint density at radius 1 is 0.905 bits per heavy atom. The molecule has 1 nitrogen and oxygen atoms in total. The van der Waals surface area contributed by atoms with Crippen LogP contribution in [0.4, 0.5) is 5.69 Å². The summed E-state index contributed by atoms with van der Waals surface area (Å²) in [5.41, 5.74) is 3.46. The van der Waals surface area contributed by atoms with Crippen LogP contribution in [0.1, 0.15) is 24.1 Å². The number of hydrogen-bond acceptors (Lipinski definition) is 1. The molecule has 0 fully saturated rings. The molecule has 0 saturated carbocycles. The van der Waals surface area contributed by atoms with Crippen molar-refractivity contribution in [3.8, 4) is 0 Å². The van der Waals surface area contributed by atoms with Crippen LogP contribution in [0.5, 0.6) is 0 Å². The van der Waals surface area contributed by atoms with Crippen molar-refractivity contribution in [2.75, 3.05) is 5.32 Å². The molecule has 1 unspecified atom stereocenters. The highest BCUT2D eigenvalue weighted by atomic mass is 35.5. The average molecular weight is 296 g/mol. The Bertz CT molecular complexity index is 754. The number of benzene rings is 3. The second-order valence-electron chi connectivity index (χ2n) is 5.37. The molecular weight excluding hydrogens is 278 g/mol. The van der Waals surface area contributed by atoms with Gasteiger partial charge in [-0.05, 0) is 41.8 Å². The fourth-order valence-corrected chi connectivity index (χ4v) is 3.01. The van der Waals surface area contributed by atoms with E-state index in [2.05, 4.69) is 67.7 Å². The summed E-state index contributed by atoms with van der Waals surface area (Å²) < 4.78 is 0. The molecule has 106 valence electrons. The highest BCUT2D eigenvalue weighted by Gasteiger charge is 2.11. The molecule has 1 atom stereocenters. The lowest BCUT2D eigenvalue weighted by Crippen LogP contribution is -2.08. The van der Waals surface area contributed by atoms with Crippen molar-refractivity contribution in [3.63, 3.8) is 0 Å². The van der Waals surface area contributed by atoms with Crippen LogP contribution in [0.15, 0.2) is 60.7 Å². The van der Waals surface area contributed by atoms with E-state index in [0.717, 1.165) is 16.3 Å². The maximum Gasteiger partial charge on any atom is 0.0640 e. The maximum atomic E-state index is 6.32. The lowest BCUT2D eigenvalue weighted by molar-refractivity contribution is 0.892. The number of halogens is 1. The maximum absolute atomic E-state index is 6.32. The van der Waals surface area contributed by atoms with Gasteiger partial charge >= 0.3 is 0 Å². The molecular formula is C19H18ClN. The lowest BCUT2D eigenvalue weighted by atomic mass is 9.99. The largest absolute Gasteiger partial charge is 0.377 e. The number of anilines is 1. The van der Waals surface area contributed by atoms with E-state index in [0.29, 0.717) is 0 Å². The Morgan fingerprint density at radius 3 is 2.43 bits per heavy atom. The summed E-state index contributed by atoms with van der Waals surface area (Å²) in [6, 6.07) is 21.1. The van der Waals surface area contributed by atoms with Gasteiger partial charge in [-0.25, -0.2) is 0 Å². The number of fused-ring (bicyclic) bond motifs is 1. The second-order valence-corrected chi connectivity index (χ2v) is 5.77. The number of nitrogens with one attached hydrogen (secondary N) is 1. The first-order chi connectivity index (χ1) is 10.2. The van der Waals surface area contributed by atoms with Gasteiger partial charge in [-0.15, -0.1) is 0 Å². The third kappa shape index (κ3) is 2.74. The summed E-state index contributed by atoms with van der Waals surface area (Å²) in [6.07, 6.45) is 0. The first-order valence-corrected chi connectivity index (χ1v) is 7.54. The van der Waals surface area contributed by atoms with Gasteiger partial charge in [0.2, 0.25) is 0 Å². The van der Waals surface area contributed by atoms with E-state index in [1.54, 1.807) is 0 Å². The molecule has 0 saturated heterocycles. The number of rotatable bonds is 3. The monoisotopic (exact) mass is 295 g/mol. The fraction of sp³-hybridized carbons (Fsp3) is 0.158. The summed E-state index contributed by atoms with van der Waals surface area (Å²) in [5.74, 6) is 0. The van der Waals surface area contributed by atoms with Crippen LogP contribution in [-0.2, 0) is 0 Å². The molecule has 0 radical (unpaired) electrons. The first-order valence-electron chi connectivity index (χ1n) is 7.16. The van der Waals surface area contributed by atoms with Gasteiger partial charge in [0.15, 0.2) is 0 Å². The Kier molecular flexibility index (Phi) is 3.85. The van der Waals surface area contributed by atoms with E-state index in [1.807, 2.05) is 12.1 Å². The number of para-hydroxylation sites is 1. The van der Waals surface area contributed by atoms with Gasteiger partial charge in [-0.3, -0.25) is 0 Å². The van der Waals surface area contributed by atoms with Gasteiger partial charge in [0.05, 0.1) is 10.7 Å². The van der Waals surface area contributed by atoms with Crippen molar-refractivity contribution < 1.29 is 0 Å². The van der Waals surface area contributed by atoms with E-state index in [4.69, 9.17) is 11.6 Å². The van der Waals surface area contributed by atoms with Crippen LogP contribution in [0.25, 0.3) is 10.8 Å². The van der Waals surface area contributed by atoms with Gasteiger partial charge in [0, 0.05) is 6.04 Å². The molecule has 0 bridgehead atoms. The Morgan fingerprint density at radius 2 is 1.62 bits per heavy atom. The lowest BCUT2D eigenvalue weighted by Gasteiger charge is -2.20. The molecule has 3 aromatic carbocycles. The van der Waals surface area contributed by atoms with Crippen LogP contribution in [0.3, 0.4) is 0 Å². The second kappa shape index (κ2) is 5.79. The third-order valence-corrected chi connectivity index (χ3v) is 4.19. The van der Waals surface area contributed by atoms with Crippen molar-refractivity contribution in [2.45, 2.75) is 19.9 Å². The van der Waals surface area contributed by atoms with Crippen molar-refractivity contribution in [1.82, 2.24) is 0 Å². The third-order valence-electron chi connectivity index (χ3n) is 3.87. The summed E-state index contributed by atoms with van der Waals surface area (Å²) in [5, 5.41) is 6.87. The Hall–Kier alpha value is -1.99. The quantitative estimate of drug-likeness (QED) is 0.627. The van der Waals surface area contributed by atoms with Gasteiger partial charge < -0.3 is 5.32 Å². The van der Waals surface area contributed by atoms with Crippen molar-refractivity contribution in [2.24, 2.45) is 0 Å². The van der Waals surface area contributed by atoms with Gasteiger partial charge in [0.25, 0.3) is 0 Å². The summed E-state index contributed by atoms with van der Waals surface area (Å²) in [6.45, 7) is 4.24. The van der Waals surface area contributed by atoms with Crippen LogP contribution >= 0.6 is 11.6 Å². The number of aryl methyl sites for hydroxylation is 1. The minimum atomic E-state index is 0.190. The van der Waals surface area contributed by atoms with E-state index >= 15 is 0 Å². The molecule has 3 aromatic rings. The molecule has 21 heavy (non-hydrogen) atoms. The normalized spacial score (nSPS) is 12.3. The van der Waals surface area contributed by atoms with E-state index in [9.17, 15) is 0 Å². The fourth-order valence-electron chi connectivity index (χ4n) is 2.74. The SMILES string of the molecule is Cc1cccc(Cl)c1NC(C)c1cccc2ccccc12. The summed E-state index contributed by atoms with van der Waals surface area (Å²) >= 11 is 6.32. The van der Waals surface area contributed by atoms with Crippen molar-refractivity contribution in [1.29, 1.82) is 0 Å². The van der Waals surface area contributed by atoms with Gasteiger partial charge in [-0.1, -0.05) is 66.2 Å².